The summed E-state index contributed by atoms with van der Waals surface area (Å²) in [6.45, 7) is 4.17. The molecule has 1 fully saturated rings. The number of hydrogen-bond acceptors (Lipinski definition) is 2. The maximum atomic E-state index is 12.1. The van der Waals surface area contributed by atoms with Crippen molar-refractivity contribution in [1.29, 1.82) is 0 Å². The molecule has 0 amide bonds. The lowest BCUT2D eigenvalue weighted by Gasteiger charge is -2.23. The van der Waals surface area contributed by atoms with E-state index in [4.69, 9.17) is 0 Å². The highest BCUT2D eigenvalue weighted by molar-refractivity contribution is 5.91. The van der Waals surface area contributed by atoms with Crippen LogP contribution in [0.2, 0.25) is 0 Å². The lowest BCUT2D eigenvalue weighted by atomic mass is 9.80. The smallest absolute Gasteiger partial charge is 0.158 e. The summed E-state index contributed by atoms with van der Waals surface area (Å²) in [5.41, 5.74) is -0.0421. The molecule has 2 nitrogen and oxygen atoms in total. The molecular weight excluding hydrogens is 236 g/mol. The Hall–Kier alpha value is -0.890. The molecule has 0 spiro atoms. The van der Waals surface area contributed by atoms with E-state index in [-0.39, 0.29) is 23.2 Å². The number of aliphatic hydroxyl groups excluding tert-OH is 1. The second-order valence-electron chi connectivity index (χ2n) is 6.32. The van der Waals surface area contributed by atoms with E-state index < -0.39 is 0 Å². The van der Waals surface area contributed by atoms with E-state index in [1.165, 1.54) is 0 Å². The lowest BCUT2D eigenvalue weighted by Crippen LogP contribution is -2.18. The Morgan fingerprint density at radius 1 is 1.58 bits per heavy atom. The largest absolute Gasteiger partial charge is 0.393 e. The van der Waals surface area contributed by atoms with Crippen LogP contribution in [0.25, 0.3) is 0 Å². The van der Waals surface area contributed by atoms with E-state index in [0.29, 0.717) is 5.92 Å². The van der Waals surface area contributed by atoms with Gasteiger partial charge in [-0.1, -0.05) is 44.9 Å². The Labute approximate surface area is 116 Å². The van der Waals surface area contributed by atoms with Gasteiger partial charge in [-0.3, -0.25) is 4.79 Å². The van der Waals surface area contributed by atoms with E-state index in [1.54, 1.807) is 6.08 Å². The van der Waals surface area contributed by atoms with Gasteiger partial charge in [0.25, 0.3) is 0 Å². The molecule has 2 aliphatic carbocycles. The third-order valence-corrected chi connectivity index (χ3v) is 4.79. The Bertz CT molecular complexity index is 383. The average Bonchev–Trinajstić information content (AvgIpc) is 2.88. The first-order valence-corrected chi connectivity index (χ1v) is 7.66. The SMILES string of the molecule is CCCC[C@H](C)C(=O)/C=C/C12C=CCC1CC(O)C2. The predicted octanol–water partition coefficient (Wildman–Crippen LogP) is 3.66. The van der Waals surface area contributed by atoms with Gasteiger partial charge in [0.1, 0.15) is 0 Å². The predicted molar refractivity (Wildman–Crippen MR) is 77.8 cm³/mol. The van der Waals surface area contributed by atoms with Crippen molar-refractivity contribution < 1.29 is 9.90 Å². The fourth-order valence-electron chi connectivity index (χ4n) is 3.49. The summed E-state index contributed by atoms with van der Waals surface area (Å²) in [4.78, 5) is 12.1. The standard InChI is InChI=1S/C17H26O2/c1-3-4-6-13(2)16(19)8-10-17-9-5-7-14(17)11-15(18)12-17/h5,8-10,13-15,18H,3-4,6-7,11-12H2,1-2H3/b10-8+/t13-,14?,15?,17?/m0/s1. The maximum Gasteiger partial charge on any atom is 0.158 e. The van der Waals surface area contributed by atoms with Gasteiger partial charge in [-0.05, 0) is 37.7 Å². The van der Waals surface area contributed by atoms with E-state index in [9.17, 15) is 9.90 Å². The molecule has 0 aromatic heterocycles. The molecule has 106 valence electrons. The second-order valence-corrected chi connectivity index (χ2v) is 6.32. The first-order chi connectivity index (χ1) is 9.07. The van der Waals surface area contributed by atoms with Gasteiger partial charge in [-0.25, -0.2) is 0 Å². The molecule has 1 N–H and O–H groups in total. The van der Waals surface area contributed by atoms with Gasteiger partial charge in [0, 0.05) is 11.3 Å². The number of aliphatic hydroxyl groups is 1. The zero-order valence-electron chi connectivity index (χ0n) is 12.1. The first-order valence-electron chi connectivity index (χ1n) is 7.66. The molecule has 19 heavy (non-hydrogen) atoms. The van der Waals surface area contributed by atoms with Crippen LogP contribution >= 0.6 is 0 Å². The van der Waals surface area contributed by atoms with Crippen LogP contribution in [0.3, 0.4) is 0 Å². The van der Waals surface area contributed by atoms with Crippen LogP contribution in [0.1, 0.15) is 52.4 Å². The van der Waals surface area contributed by atoms with E-state index >= 15 is 0 Å². The van der Waals surface area contributed by atoms with Gasteiger partial charge < -0.3 is 5.11 Å². The van der Waals surface area contributed by atoms with Crippen molar-refractivity contribution in [2.45, 2.75) is 58.5 Å². The third kappa shape index (κ3) is 3.17. The molecule has 0 saturated heterocycles. The van der Waals surface area contributed by atoms with Gasteiger partial charge >= 0.3 is 0 Å². The highest BCUT2D eigenvalue weighted by Gasteiger charge is 2.45. The molecule has 2 heteroatoms. The Morgan fingerprint density at radius 3 is 3.11 bits per heavy atom. The van der Waals surface area contributed by atoms with Crippen molar-refractivity contribution in [3.05, 3.63) is 24.3 Å². The molecule has 2 rings (SSSR count). The zero-order chi connectivity index (χ0) is 13.9. The number of rotatable bonds is 6. The summed E-state index contributed by atoms with van der Waals surface area (Å²) >= 11 is 0. The molecule has 0 aromatic carbocycles. The number of carbonyl (C=O) groups is 1. The van der Waals surface area contributed by atoms with Crippen LogP contribution in [0.4, 0.5) is 0 Å². The molecule has 4 atom stereocenters. The number of ketones is 1. The first kappa shape index (κ1) is 14.5. The van der Waals surface area contributed by atoms with Gasteiger partial charge in [-0.15, -0.1) is 0 Å². The zero-order valence-corrected chi connectivity index (χ0v) is 12.1. The molecule has 0 aromatic rings. The van der Waals surface area contributed by atoms with E-state index in [0.717, 1.165) is 38.5 Å². The Kier molecular flexibility index (Phi) is 4.62. The van der Waals surface area contributed by atoms with E-state index in [1.807, 2.05) is 6.92 Å². The Balaban J connectivity index is 1.98. The normalized spacial score (nSPS) is 34.9. The summed E-state index contributed by atoms with van der Waals surface area (Å²) in [7, 11) is 0. The number of unbranched alkanes of at least 4 members (excludes halogenated alkanes) is 1. The molecule has 0 bridgehead atoms. The summed E-state index contributed by atoms with van der Waals surface area (Å²) in [6, 6.07) is 0. The van der Waals surface area contributed by atoms with Crippen LogP contribution in [-0.4, -0.2) is 17.0 Å². The van der Waals surface area contributed by atoms with Crippen LogP contribution in [0.15, 0.2) is 24.3 Å². The van der Waals surface area contributed by atoms with Gasteiger partial charge in [0.05, 0.1) is 6.10 Å². The fraction of sp³-hybridized carbons (Fsp3) is 0.706. The molecular formula is C17H26O2. The van der Waals surface area contributed by atoms with Gasteiger partial charge in [0.2, 0.25) is 0 Å². The molecule has 1 saturated carbocycles. The van der Waals surface area contributed by atoms with Gasteiger partial charge in [0.15, 0.2) is 5.78 Å². The highest BCUT2D eigenvalue weighted by Crippen LogP contribution is 2.51. The van der Waals surface area contributed by atoms with Crippen molar-refractivity contribution >= 4 is 5.78 Å². The summed E-state index contributed by atoms with van der Waals surface area (Å²) in [5.74, 6) is 0.864. The lowest BCUT2D eigenvalue weighted by molar-refractivity contribution is -0.118. The molecule has 3 unspecified atom stereocenters. The molecule has 0 heterocycles. The third-order valence-electron chi connectivity index (χ3n) is 4.79. The number of hydrogen-bond donors (Lipinski definition) is 1. The highest BCUT2D eigenvalue weighted by atomic mass is 16.3. The fourth-order valence-corrected chi connectivity index (χ4v) is 3.49. The molecule has 0 radical (unpaired) electrons. The minimum Gasteiger partial charge on any atom is -0.393 e. The van der Waals surface area contributed by atoms with Crippen molar-refractivity contribution in [2.75, 3.05) is 0 Å². The Morgan fingerprint density at radius 2 is 2.37 bits per heavy atom. The minimum absolute atomic E-state index is 0.0421. The number of fused-ring (bicyclic) bond motifs is 1. The summed E-state index contributed by atoms with van der Waals surface area (Å²) in [6.07, 6.45) is 14.0. The van der Waals surface area contributed by atoms with Crippen LogP contribution in [-0.2, 0) is 4.79 Å². The molecule has 0 aliphatic heterocycles. The van der Waals surface area contributed by atoms with Gasteiger partial charge in [-0.2, -0.15) is 0 Å². The van der Waals surface area contributed by atoms with Crippen LogP contribution in [0, 0.1) is 17.3 Å². The maximum absolute atomic E-state index is 12.1. The molecule has 2 aliphatic rings. The number of allylic oxidation sites excluding steroid dienone is 4. The topological polar surface area (TPSA) is 37.3 Å². The number of carbonyl (C=O) groups excluding carboxylic acids is 1. The minimum atomic E-state index is -0.202. The summed E-state index contributed by atoms with van der Waals surface area (Å²) in [5, 5.41) is 9.84. The monoisotopic (exact) mass is 262 g/mol. The quantitative estimate of drug-likeness (QED) is 0.586. The summed E-state index contributed by atoms with van der Waals surface area (Å²) < 4.78 is 0. The van der Waals surface area contributed by atoms with E-state index in [2.05, 4.69) is 25.2 Å². The van der Waals surface area contributed by atoms with Crippen LogP contribution < -0.4 is 0 Å². The second kappa shape index (κ2) is 6.04. The average molecular weight is 262 g/mol. The van der Waals surface area contributed by atoms with Crippen molar-refractivity contribution in [2.24, 2.45) is 17.3 Å². The van der Waals surface area contributed by atoms with Crippen molar-refractivity contribution in [3.8, 4) is 0 Å². The van der Waals surface area contributed by atoms with Crippen LogP contribution in [0.5, 0.6) is 0 Å². The van der Waals surface area contributed by atoms with Crippen molar-refractivity contribution in [3.63, 3.8) is 0 Å². The van der Waals surface area contributed by atoms with Crippen molar-refractivity contribution in [1.82, 2.24) is 0 Å².